The van der Waals surface area contributed by atoms with Crippen LogP contribution in [0.4, 0.5) is 5.69 Å². The van der Waals surface area contributed by atoms with Crippen LogP contribution >= 0.6 is 23.2 Å². The van der Waals surface area contributed by atoms with Gasteiger partial charge < -0.3 is 10.1 Å². The SMILES string of the molecule is Cc1cc(OC(C)C(=O)Nc2ccccc2)c(Cl)c(C)c1Cl. The van der Waals surface area contributed by atoms with Crippen molar-refractivity contribution >= 4 is 34.8 Å². The van der Waals surface area contributed by atoms with Crippen molar-refractivity contribution in [2.75, 3.05) is 5.32 Å². The Balaban J connectivity index is 2.12. The third-order valence-corrected chi connectivity index (χ3v) is 4.33. The van der Waals surface area contributed by atoms with E-state index in [1.165, 1.54) is 0 Å². The molecular formula is C17H17Cl2NO2. The third-order valence-electron chi connectivity index (χ3n) is 3.28. The zero-order valence-electron chi connectivity index (χ0n) is 12.6. The predicted octanol–water partition coefficient (Wildman–Crippen LogP) is 5.02. The molecule has 0 fully saturated rings. The second-order valence-electron chi connectivity index (χ2n) is 5.06. The van der Waals surface area contributed by atoms with E-state index >= 15 is 0 Å². The minimum atomic E-state index is -0.683. The number of carbonyl (C=O) groups is 1. The molecule has 0 heterocycles. The number of nitrogens with one attached hydrogen (secondary N) is 1. The summed E-state index contributed by atoms with van der Waals surface area (Å²) in [6, 6.07) is 11.0. The summed E-state index contributed by atoms with van der Waals surface area (Å²) in [6.45, 7) is 5.36. The van der Waals surface area contributed by atoms with Gasteiger partial charge in [0.2, 0.25) is 0 Å². The summed E-state index contributed by atoms with van der Waals surface area (Å²) in [6.07, 6.45) is -0.683. The van der Waals surface area contributed by atoms with Crippen LogP contribution in [0.5, 0.6) is 5.75 Å². The summed E-state index contributed by atoms with van der Waals surface area (Å²) in [7, 11) is 0. The molecule has 2 aromatic carbocycles. The zero-order valence-corrected chi connectivity index (χ0v) is 14.1. The number of halogens is 2. The first-order chi connectivity index (χ1) is 10.4. The Morgan fingerprint density at radius 1 is 1.14 bits per heavy atom. The molecule has 0 aromatic heterocycles. The summed E-state index contributed by atoms with van der Waals surface area (Å²) >= 11 is 12.4. The zero-order chi connectivity index (χ0) is 16.3. The summed E-state index contributed by atoms with van der Waals surface area (Å²) in [5, 5.41) is 3.82. The molecule has 22 heavy (non-hydrogen) atoms. The highest BCUT2D eigenvalue weighted by Gasteiger charge is 2.18. The molecule has 5 heteroatoms. The molecule has 1 N–H and O–H groups in total. The van der Waals surface area contributed by atoms with Gasteiger partial charge >= 0.3 is 0 Å². The monoisotopic (exact) mass is 337 g/mol. The Kier molecular flexibility index (Phi) is 5.33. The maximum atomic E-state index is 12.2. The first kappa shape index (κ1) is 16.7. The Hall–Kier alpha value is -1.71. The van der Waals surface area contributed by atoms with Gasteiger partial charge in [-0.05, 0) is 50.1 Å². The van der Waals surface area contributed by atoms with Crippen molar-refractivity contribution in [2.45, 2.75) is 26.9 Å². The van der Waals surface area contributed by atoms with Crippen molar-refractivity contribution in [2.24, 2.45) is 0 Å². The standard InChI is InChI=1S/C17H17Cl2NO2/c1-10-9-14(16(19)11(2)15(10)18)22-12(3)17(21)20-13-7-5-4-6-8-13/h4-9,12H,1-3H3,(H,20,21). The molecule has 2 rings (SSSR count). The second kappa shape index (κ2) is 7.03. The van der Waals surface area contributed by atoms with Crippen LogP contribution < -0.4 is 10.1 Å². The summed E-state index contributed by atoms with van der Waals surface area (Å²) < 4.78 is 5.69. The lowest BCUT2D eigenvalue weighted by Gasteiger charge is -2.18. The first-order valence-electron chi connectivity index (χ1n) is 6.88. The second-order valence-corrected chi connectivity index (χ2v) is 5.82. The fourth-order valence-electron chi connectivity index (χ4n) is 2.00. The van der Waals surface area contributed by atoms with Gasteiger partial charge in [0.05, 0.1) is 5.02 Å². The highest BCUT2D eigenvalue weighted by molar-refractivity contribution is 6.37. The average molecular weight is 338 g/mol. The Morgan fingerprint density at radius 2 is 1.77 bits per heavy atom. The van der Waals surface area contributed by atoms with E-state index < -0.39 is 6.10 Å². The number of rotatable bonds is 4. The number of aryl methyl sites for hydroxylation is 1. The van der Waals surface area contributed by atoms with Crippen molar-refractivity contribution in [3.63, 3.8) is 0 Å². The van der Waals surface area contributed by atoms with E-state index in [4.69, 9.17) is 27.9 Å². The van der Waals surface area contributed by atoms with E-state index in [1.807, 2.05) is 44.2 Å². The molecule has 116 valence electrons. The van der Waals surface area contributed by atoms with E-state index in [2.05, 4.69) is 5.32 Å². The topological polar surface area (TPSA) is 38.3 Å². The van der Waals surface area contributed by atoms with E-state index in [0.717, 1.165) is 16.8 Å². The number of para-hydroxylation sites is 1. The third kappa shape index (κ3) is 3.73. The summed E-state index contributed by atoms with van der Waals surface area (Å²) in [4.78, 5) is 12.2. The van der Waals surface area contributed by atoms with Crippen LogP contribution in [-0.2, 0) is 4.79 Å². The number of benzene rings is 2. The normalized spacial score (nSPS) is 11.9. The molecule has 1 unspecified atom stereocenters. The number of hydrogen-bond donors (Lipinski definition) is 1. The highest BCUT2D eigenvalue weighted by Crippen LogP contribution is 2.35. The van der Waals surface area contributed by atoms with E-state index in [-0.39, 0.29) is 5.91 Å². The molecule has 0 aliphatic carbocycles. The number of hydrogen-bond acceptors (Lipinski definition) is 2. The summed E-state index contributed by atoms with van der Waals surface area (Å²) in [5.41, 5.74) is 2.32. The van der Waals surface area contributed by atoms with E-state index in [0.29, 0.717) is 15.8 Å². The molecule has 3 nitrogen and oxygen atoms in total. The molecule has 0 aliphatic rings. The van der Waals surface area contributed by atoms with Crippen LogP contribution in [0.2, 0.25) is 10.0 Å². The molecule has 0 saturated carbocycles. The fraction of sp³-hybridized carbons (Fsp3) is 0.235. The maximum Gasteiger partial charge on any atom is 0.265 e. The quantitative estimate of drug-likeness (QED) is 0.850. The van der Waals surface area contributed by atoms with Gasteiger partial charge in [-0.2, -0.15) is 0 Å². The van der Waals surface area contributed by atoms with Crippen LogP contribution in [0.3, 0.4) is 0 Å². The molecule has 0 radical (unpaired) electrons. The minimum Gasteiger partial charge on any atom is -0.479 e. The van der Waals surface area contributed by atoms with Gasteiger partial charge in [0.15, 0.2) is 6.10 Å². The van der Waals surface area contributed by atoms with Crippen LogP contribution in [-0.4, -0.2) is 12.0 Å². The average Bonchev–Trinajstić information content (AvgIpc) is 2.51. The van der Waals surface area contributed by atoms with Gasteiger partial charge in [-0.15, -0.1) is 0 Å². The molecule has 0 saturated heterocycles. The van der Waals surface area contributed by atoms with Crippen LogP contribution in [0, 0.1) is 13.8 Å². The molecule has 0 bridgehead atoms. The summed E-state index contributed by atoms with van der Waals surface area (Å²) in [5.74, 6) is 0.212. The number of carbonyl (C=O) groups excluding carboxylic acids is 1. The molecular weight excluding hydrogens is 321 g/mol. The van der Waals surface area contributed by atoms with Crippen LogP contribution in [0.1, 0.15) is 18.1 Å². The molecule has 0 spiro atoms. The van der Waals surface area contributed by atoms with Gasteiger partial charge in [0.25, 0.3) is 5.91 Å². The molecule has 1 atom stereocenters. The number of anilines is 1. The van der Waals surface area contributed by atoms with Gasteiger partial charge in [0, 0.05) is 10.7 Å². The van der Waals surface area contributed by atoms with Gasteiger partial charge in [-0.25, -0.2) is 0 Å². The molecule has 0 aliphatic heterocycles. The highest BCUT2D eigenvalue weighted by atomic mass is 35.5. The predicted molar refractivity (Wildman–Crippen MR) is 91.1 cm³/mol. The lowest BCUT2D eigenvalue weighted by Crippen LogP contribution is -2.30. The largest absolute Gasteiger partial charge is 0.479 e. The van der Waals surface area contributed by atoms with Crippen molar-refractivity contribution in [1.29, 1.82) is 0 Å². The van der Waals surface area contributed by atoms with Crippen molar-refractivity contribution in [3.05, 3.63) is 57.6 Å². The van der Waals surface area contributed by atoms with Gasteiger partial charge in [-0.3, -0.25) is 4.79 Å². The van der Waals surface area contributed by atoms with Crippen molar-refractivity contribution < 1.29 is 9.53 Å². The Bertz CT molecular complexity index is 687. The fourth-order valence-corrected chi connectivity index (χ4v) is 2.39. The lowest BCUT2D eigenvalue weighted by molar-refractivity contribution is -0.122. The minimum absolute atomic E-state index is 0.243. The van der Waals surface area contributed by atoms with Crippen molar-refractivity contribution in [1.82, 2.24) is 0 Å². The first-order valence-corrected chi connectivity index (χ1v) is 7.63. The van der Waals surface area contributed by atoms with E-state index in [9.17, 15) is 4.79 Å². The lowest BCUT2D eigenvalue weighted by atomic mass is 10.1. The Morgan fingerprint density at radius 3 is 2.41 bits per heavy atom. The molecule has 1 amide bonds. The van der Waals surface area contributed by atoms with Crippen molar-refractivity contribution in [3.8, 4) is 5.75 Å². The Labute approximate surface area is 140 Å². The molecule has 2 aromatic rings. The smallest absolute Gasteiger partial charge is 0.265 e. The van der Waals surface area contributed by atoms with Crippen LogP contribution in [0.25, 0.3) is 0 Å². The van der Waals surface area contributed by atoms with E-state index in [1.54, 1.807) is 13.0 Å². The maximum absolute atomic E-state index is 12.2. The van der Waals surface area contributed by atoms with Gasteiger partial charge in [-0.1, -0.05) is 41.4 Å². The number of ether oxygens (including phenoxy) is 1. The van der Waals surface area contributed by atoms with Gasteiger partial charge in [0.1, 0.15) is 5.75 Å². The van der Waals surface area contributed by atoms with Crippen LogP contribution in [0.15, 0.2) is 36.4 Å². The number of amides is 1.